The minimum absolute atomic E-state index is 0.387. The highest BCUT2D eigenvalue weighted by atomic mass is 19.1. The molecule has 0 fully saturated rings. The number of halogens is 1. The van der Waals surface area contributed by atoms with Crippen LogP contribution in [0.25, 0.3) is 5.69 Å². The second kappa shape index (κ2) is 4.06. The molecular formula is C12H13FN2O. The van der Waals surface area contributed by atoms with Crippen molar-refractivity contribution in [3.63, 3.8) is 0 Å². The average Bonchev–Trinajstić information content (AvgIpc) is 2.64. The Hall–Kier alpha value is -1.68. The maximum atomic E-state index is 13.7. The fraction of sp³-hybridized carbons (Fsp3) is 0.250. The first-order chi connectivity index (χ1) is 7.58. The Balaban J connectivity index is 2.44. The standard InChI is InChI=1S/C12H13FN2O/c1-8-5-6-15(14-8)12-4-3-10(9(2)16)7-11(12)13/h3-7,9,16H,1-2H3/t9-/m1/s1. The van der Waals surface area contributed by atoms with Crippen LogP contribution in [0.4, 0.5) is 4.39 Å². The third-order valence-corrected chi connectivity index (χ3v) is 2.42. The molecule has 0 amide bonds. The largest absolute Gasteiger partial charge is 0.389 e. The van der Waals surface area contributed by atoms with Crippen LogP contribution in [0, 0.1) is 12.7 Å². The van der Waals surface area contributed by atoms with Gasteiger partial charge in [-0.25, -0.2) is 9.07 Å². The third kappa shape index (κ3) is 1.97. The molecule has 1 heterocycles. The molecule has 2 rings (SSSR count). The second-order valence-corrected chi connectivity index (χ2v) is 3.79. The minimum Gasteiger partial charge on any atom is -0.389 e. The topological polar surface area (TPSA) is 38.0 Å². The van der Waals surface area contributed by atoms with Gasteiger partial charge in [0.15, 0.2) is 0 Å². The molecular weight excluding hydrogens is 207 g/mol. The Morgan fingerprint density at radius 1 is 1.38 bits per heavy atom. The van der Waals surface area contributed by atoms with Crippen molar-refractivity contribution in [1.82, 2.24) is 9.78 Å². The van der Waals surface area contributed by atoms with Gasteiger partial charge in [0.05, 0.1) is 11.8 Å². The average molecular weight is 220 g/mol. The molecule has 16 heavy (non-hydrogen) atoms. The Bertz CT molecular complexity index is 505. The van der Waals surface area contributed by atoms with E-state index in [9.17, 15) is 9.50 Å². The molecule has 0 spiro atoms. The second-order valence-electron chi connectivity index (χ2n) is 3.79. The predicted octanol–water partition coefficient (Wildman–Crippen LogP) is 2.37. The van der Waals surface area contributed by atoms with Crippen molar-refractivity contribution >= 4 is 0 Å². The van der Waals surface area contributed by atoms with Crippen molar-refractivity contribution in [2.45, 2.75) is 20.0 Å². The Morgan fingerprint density at radius 2 is 2.12 bits per heavy atom. The summed E-state index contributed by atoms with van der Waals surface area (Å²) in [5.74, 6) is -0.387. The molecule has 0 saturated carbocycles. The van der Waals surface area contributed by atoms with Gasteiger partial charge in [-0.1, -0.05) is 6.07 Å². The number of nitrogens with zero attached hydrogens (tertiary/aromatic N) is 2. The van der Waals surface area contributed by atoms with Gasteiger partial charge in [-0.2, -0.15) is 5.10 Å². The van der Waals surface area contributed by atoms with Gasteiger partial charge in [0.1, 0.15) is 11.5 Å². The third-order valence-electron chi connectivity index (χ3n) is 2.42. The highest BCUT2D eigenvalue weighted by molar-refractivity contribution is 5.36. The van der Waals surface area contributed by atoms with Crippen LogP contribution < -0.4 is 0 Å². The predicted molar refractivity (Wildman–Crippen MR) is 58.9 cm³/mol. The number of benzene rings is 1. The van der Waals surface area contributed by atoms with E-state index in [-0.39, 0.29) is 5.82 Å². The van der Waals surface area contributed by atoms with Crippen molar-refractivity contribution in [2.24, 2.45) is 0 Å². The Kier molecular flexibility index (Phi) is 2.75. The van der Waals surface area contributed by atoms with Crippen molar-refractivity contribution in [3.8, 4) is 5.69 Å². The van der Waals surface area contributed by atoms with Crippen molar-refractivity contribution in [3.05, 3.63) is 47.5 Å². The summed E-state index contributed by atoms with van der Waals surface area (Å²) in [6, 6.07) is 6.45. The fourth-order valence-electron chi connectivity index (χ4n) is 1.52. The lowest BCUT2D eigenvalue weighted by Gasteiger charge is -2.08. The van der Waals surface area contributed by atoms with Crippen LogP contribution in [0.15, 0.2) is 30.5 Å². The summed E-state index contributed by atoms with van der Waals surface area (Å²) in [5.41, 5.74) is 1.78. The molecule has 0 aliphatic heterocycles. The van der Waals surface area contributed by atoms with Crippen LogP contribution in [0.1, 0.15) is 24.3 Å². The highest BCUT2D eigenvalue weighted by Crippen LogP contribution is 2.19. The molecule has 0 radical (unpaired) electrons. The number of aromatic nitrogens is 2. The van der Waals surface area contributed by atoms with Crippen molar-refractivity contribution in [1.29, 1.82) is 0 Å². The van der Waals surface area contributed by atoms with E-state index in [1.54, 1.807) is 25.3 Å². The number of hydrogen-bond donors (Lipinski definition) is 1. The fourth-order valence-corrected chi connectivity index (χ4v) is 1.52. The molecule has 0 aliphatic carbocycles. The molecule has 2 aromatic rings. The van der Waals surface area contributed by atoms with Gasteiger partial charge in [-0.15, -0.1) is 0 Å². The lowest BCUT2D eigenvalue weighted by atomic mass is 10.1. The van der Waals surface area contributed by atoms with Crippen LogP contribution in [0.3, 0.4) is 0 Å². The van der Waals surface area contributed by atoms with Crippen molar-refractivity contribution < 1.29 is 9.50 Å². The molecule has 0 bridgehead atoms. The maximum Gasteiger partial charge on any atom is 0.149 e. The molecule has 0 saturated heterocycles. The van der Waals surface area contributed by atoms with Gasteiger partial charge in [0.2, 0.25) is 0 Å². The molecule has 1 N–H and O–H groups in total. The molecule has 3 nitrogen and oxygen atoms in total. The molecule has 1 aromatic carbocycles. The van der Waals surface area contributed by atoms with Gasteiger partial charge >= 0.3 is 0 Å². The number of aliphatic hydroxyl groups is 1. The summed E-state index contributed by atoms with van der Waals surface area (Å²) in [6.07, 6.45) is 1.04. The molecule has 4 heteroatoms. The summed E-state index contributed by atoms with van der Waals surface area (Å²) in [4.78, 5) is 0. The van der Waals surface area contributed by atoms with E-state index in [1.165, 1.54) is 10.7 Å². The zero-order chi connectivity index (χ0) is 11.7. The van der Waals surface area contributed by atoms with Gasteiger partial charge in [0, 0.05) is 6.20 Å². The number of rotatable bonds is 2. The minimum atomic E-state index is -0.664. The first-order valence-electron chi connectivity index (χ1n) is 5.08. The lowest BCUT2D eigenvalue weighted by molar-refractivity contribution is 0.199. The van der Waals surface area contributed by atoms with Crippen molar-refractivity contribution in [2.75, 3.05) is 0 Å². The summed E-state index contributed by atoms with van der Waals surface area (Å²) in [6.45, 7) is 3.45. The smallest absolute Gasteiger partial charge is 0.149 e. The molecule has 1 aromatic heterocycles. The first kappa shape index (κ1) is 10.8. The molecule has 0 unspecified atom stereocenters. The van der Waals surface area contributed by atoms with Gasteiger partial charge in [-0.05, 0) is 37.6 Å². The van der Waals surface area contributed by atoms with Gasteiger partial charge in [0.25, 0.3) is 0 Å². The summed E-state index contributed by atoms with van der Waals surface area (Å²) in [5, 5.41) is 13.5. The first-order valence-corrected chi connectivity index (χ1v) is 5.08. The Labute approximate surface area is 93.2 Å². The summed E-state index contributed by atoms with van der Waals surface area (Å²) in [7, 11) is 0. The van der Waals surface area contributed by atoms with Crippen LogP contribution in [0.5, 0.6) is 0 Å². The summed E-state index contributed by atoms with van der Waals surface area (Å²) >= 11 is 0. The number of aliphatic hydroxyl groups excluding tert-OH is 1. The Morgan fingerprint density at radius 3 is 2.62 bits per heavy atom. The van der Waals surface area contributed by atoms with E-state index in [1.807, 2.05) is 13.0 Å². The zero-order valence-corrected chi connectivity index (χ0v) is 9.18. The molecule has 84 valence electrons. The number of hydrogen-bond acceptors (Lipinski definition) is 2. The van der Waals surface area contributed by atoms with Crippen LogP contribution in [0.2, 0.25) is 0 Å². The number of aryl methyl sites for hydroxylation is 1. The summed E-state index contributed by atoms with van der Waals surface area (Å²) < 4.78 is 15.2. The zero-order valence-electron chi connectivity index (χ0n) is 9.18. The van der Waals surface area contributed by atoms with E-state index in [0.29, 0.717) is 11.3 Å². The van der Waals surface area contributed by atoms with E-state index >= 15 is 0 Å². The molecule has 1 atom stereocenters. The van der Waals surface area contributed by atoms with Gasteiger partial charge < -0.3 is 5.11 Å². The molecule has 0 aliphatic rings. The van der Waals surface area contributed by atoms with E-state index in [2.05, 4.69) is 5.10 Å². The van der Waals surface area contributed by atoms with E-state index < -0.39 is 6.10 Å². The van der Waals surface area contributed by atoms with Crippen LogP contribution in [-0.2, 0) is 0 Å². The highest BCUT2D eigenvalue weighted by Gasteiger charge is 2.08. The monoisotopic (exact) mass is 220 g/mol. The maximum absolute atomic E-state index is 13.7. The van der Waals surface area contributed by atoms with Crippen LogP contribution in [-0.4, -0.2) is 14.9 Å². The van der Waals surface area contributed by atoms with Gasteiger partial charge in [-0.3, -0.25) is 0 Å². The van der Waals surface area contributed by atoms with E-state index in [0.717, 1.165) is 5.69 Å². The SMILES string of the molecule is Cc1ccn(-c2ccc([C@@H](C)O)cc2F)n1. The van der Waals surface area contributed by atoms with Crippen LogP contribution >= 0.6 is 0 Å². The quantitative estimate of drug-likeness (QED) is 0.843. The van der Waals surface area contributed by atoms with E-state index in [4.69, 9.17) is 0 Å². The normalized spacial score (nSPS) is 12.8. The lowest BCUT2D eigenvalue weighted by Crippen LogP contribution is -2.01.